The van der Waals surface area contributed by atoms with Crippen molar-refractivity contribution in [1.29, 1.82) is 0 Å². The zero-order valence-corrected chi connectivity index (χ0v) is 16.8. The highest BCUT2D eigenvalue weighted by Gasteiger charge is 2.49. The highest BCUT2D eigenvalue weighted by atomic mass is 16.6. The summed E-state index contributed by atoms with van der Waals surface area (Å²) >= 11 is 0. The number of unbranched alkanes of at least 4 members (excludes halogenated alkanes) is 1. The monoisotopic (exact) mass is 399 g/mol. The van der Waals surface area contributed by atoms with E-state index >= 15 is 0 Å². The van der Waals surface area contributed by atoms with Crippen molar-refractivity contribution in [2.24, 2.45) is 0 Å². The number of benzene rings is 2. The summed E-state index contributed by atoms with van der Waals surface area (Å²) in [5, 5.41) is 0. The van der Waals surface area contributed by atoms with Crippen LogP contribution in [-0.2, 0) is 14.3 Å². The lowest BCUT2D eigenvalue weighted by molar-refractivity contribution is -0.149. The summed E-state index contributed by atoms with van der Waals surface area (Å²) in [6, 6.07) is 13.6. The van der Waals surface area contributed by atoms with Gasteiger partial charge in [0, 0.05) is 17.3 Å². The maximum atomic E-state index is 12.7. The first kappa shape index (κ1) is 20.5. The number of rotatable bonds is 8. The Labute approximate surface area is 170 Å². The Balaban J connectivity index is 2.09. The Bertz CT molecular complexity index is 854. The predicted octanol–water partition coefficient (Wildman–Crippen LogP) is 4.11. The van der Waals surface area contributed by atoms with E-state index in [2.05, 4.69) is 6.92 Å². The molecule has 2 aromatic carbocycles. The third-order valence-corrected chi connectivity index (χ3v) is 4.75. The highest BCUT2D eigenvalue weighted by molar-refractivity contribution is 5.96. The van der Waals surface area contributed by atoms with Gasteiger partial charge in [0.15, 0.2) is 0 Å². The summed E-state index contributed by atoms with van der Waals surface area (Å²) in [5.41, 5.74) is 1.26. The van der Waals surface area contributed by atoms with Crippen molar-refractivity contribution in [2.45, 2.75) is 31.9 Å². The van der Waals surface area contributed by atoms with Gasteiger partial charge in [-0.15, -0.1) is 0 Å². The minimum Gasteiger partial charge on any atom is -0.497 e. The minimum atomic E-state index is -1.12. The van der Waals surface area contributed by atoms with Gasteiger partial charge in [0.1, 0.15) is 17.5 Å². The van der Waals surface area contributed by atoms with E-state index in [1.807, 2.05) is 18.2 Å². The average molecular weight is 399 g/mol. The number of hydrogen-bond acceptors (Lipinski definition) is 6. The fraction of sp³-hybridized carbons (Fsp3) is 0.364. The van der Waals surface area contributed by atoms with Crippen molar-refractivity contribution in [1.82, 2.24) is 0 Å². The van der Waals surface area contributed by atoms with E-state index in [-0.39, 0.29) is 0 Å². The van der Waals surface area contributed by atoms with Crippen molar-refractivity contribution >= 4 is 17.7 Å². The Morgan fingerprint density at radius 3 is 2.55 bits per heavy atom. The molecule has 1 aliphatic heterocycles. The topological polar surface area (TPSA) is 74.3 Å². The van der Waals surface area contributed by atoms with Crippen LogP contribution in [0.15, 0.2) is 48.5 Å². The zero-order valence-electron chi connectivity index (χ0n) is 16.8. The quantitative estimate of drug-likeness (QED) is 0.491. The fourth-order valence-electron chi connectivity index (χ4n) is 3.27. The number of para-hydroxylation sites is 1. The molecule has 154 valence electrons. The first-order chi connectivity index (χ1) is 14.1. The third-order valence-electron chi connectivity index (χ3n) is 4.75. The van der Waals surface area contributed by atoms with Gasteiger partial charge in [-0.25, -0.2) is 9.59 Å². The van der Waals surface area contributed by atoms with Crippen LogP contribution >= 0.6 is 0 Å². The van der Waals surface area contributed by atoms with E-state index in [1.54, 1.807) is 37.4 Å². The molecule has 1 amide bonds. The molecule has 0 spiro atoms. The summed E-state index contributed by atoms with van der Waals surface area (Å²) in [6.07, 6.45) is 0.117. The maximum Gasteiger partial charge on any atom is 0.415 e. The Morgan fingerprint density at radius 1 is 1.14 bits per heavy atom. The van der Waals surface area contributed by atoms with Gasteiger partial charge in [0.2, 0.25) is 6.10 Å². The number of cyclic esters (lactones) is 1. The van der Waals surface area contributed by atoms with E-state index in [0.29, 0.717) is 29.4 Å². The number of carbonyl (C=O) groups is 2. The van der Waals surface area contributed by atoms with Crippen LogP contribution in [0.25, 0.3) is 0 Å². The highest BCUT2D eigenvalue weighted by Crippen LogP contribution is 2.42. The average Bonchev–Trinajstić information content (AvgIpc) is 3.10. The van der Waals surface area contributed by atoms with E-state index in [9.17, 15) is 9.59 Å². The minimum absolute atomic E-state index is 0.506. The Hall–Kier alpha value is -3.22. The van der Waals surface area contributed by atoms with Crippen molar-refractivity contribution in [3.8, 4) is 11.5 Å². The molecule has 7 nitrogen and oxygen atoms in total. The first-order valence-corrected chi connectivity index (χ1v) is 9.54. The molecule has 0 saturated carbocycles. The first-order valence-electron chi connectivity index (χ1n) is 9.54. The normalized spacial score (nSPS) is 18.3. The molecule has 0 aromatic heterocycles. The molecule has 29 heavy (non-hydrogen) atoms. The SMILES string of the molecule is CCCCOc1cc(OC)ccc1[C@@H]1[C@@H](C(=O)OC)OC(=O)N1c1ccccc1. The van der Waals surface area contributed by atoms with Crippen LogP contribution in [0.1, 0.15) is 31.4 Å². The predicted molar refractivity (Wildman–Crippen MR) is 107 cm³/mol. The Kier molecular flexibility index (Phi) is 6.59. The van der Waals surface area contributed by atoms with Crippen molar-refractivity contribution in [3.63, 3.8) is 0 Å². The van der Waals surface area contributed by atoms with Crippen LogP contribution < -0.4 is 14.4 Å². The number of nitrogens with zero attached hydrogens (tertiary/aromatic N) is 1. The lowest BCUT2D eigenvalue weighted by Crippen LogP contribution is -2.33. The summed E-state index contributed by atoms with van der Waals surface area (Å²) < 4.78 is 21.6. The van der Waals surface area contributed by atoms with Crippen LogP contribution in [0.3, 0.4) is 0 Å². The number of amides is 1. The second kappa shape index (κ2) is 9.32. The van der Waals surface area contributed by atoms with Gasteiger partial charge >= 0.3 is 12.1 Å². The van der Waals surface area contributed by atoms with Crippen LogP contribution in [0.2, 0.25) is 0 Å². The molecule has 1 fully saturated rings. The number of hydrogen-bond donors (Lipinski definition) is 0. The molecule has 0 unspecified atom stereocenters. The molecule has 0 N–H and O–H groups in total. The molecule has 1 saturated heterocycles. The molecule has 0 bridgehead atoms. The zero-order chi connectivity index (χ0) is 20.8. The Morgan fingerprint density at radius 2 is 1.90 bits per heavy atom. The molecule has 2 aromatic rings. The van der Waals surface area contributed by atoms with Gasteiger partial charge in [0.05, 0.1) is 20.8 Å². The molecule has 1 heterocycles. The number of methoxy groups -OCH3 is 2. The summed E-state index contributed by atoms with van der Waals surface area (Å²) in [5.74, 6) is 0.527. The van der Waals surface area contributed by atoms with Crippen LogP contribution in [0, 0.1) is 0 Å². The van der Waals surface area contributed by atoms with Crippen molar-refractivity contribution < 1.29 is 28.5 Å². The lowest BCUT2D eigenvalue weighted by Gasteiger charge is -2.26. The molecule has 2 atom stereocenters. The van der Waals surface area contributed by atoms with Crippen molar-refractivity contribution in [2.75, 3.05) is 25.7 Å². The molecule has 0 radical (unpaired) electrons. The second-order valence-electron chi connectivity index (χ2n) is 6.58. The van der Waals surface area contributed by atoms with E-state index in [1.165, 1.54) is 12.0 Å². The molecule has 1 aliphatic rings. The number of esters is 1. The summed E-state index contributed by atoms with van der Waals surface area (Å²) in [4.78, 5) is 26.6. The van der Waals surface area contributed by atoms with Gasteiger partial charge in [0.25, 0.3) is 0 Å². The summed E-state index contributed by atoms with van der Waals surface area (Å²) in [7, 11) is 2.84. The maximum absolute atomic E-state index is 12.7. The van der Waals surface area contributed by atoms with Gasteiger partial charge in [-0.3, -0.25) is 4.90 Å². The van der Waals surface area contributed by atoms with E-state index in [4.69, 9.17) is 18.9 Å². The van der Waals surface area contributed by atoms with Crippen molar-refractivity contribution in [3.05, 3.63) is 54.1 Å². The lowest BCUT2D eigenvalue weighted by atomic mass is 9.98. The van der Waals surface area contributed by atoms with E-state index < -0.39 is 24.2 Å². The second-order valence-corrected chi connectivity index (χ2v) is 6.58. The standard InChI is InChI=1S/C22H25NO6/c1-4-5-13-28-18-14-16(26-2)11-12-17(18)19-20(21(24)27-3)29-22(25)23(19)15-9-7-6-8-10-15/h6-12,14,19-20H,4-5,13H2,1-3H3/t19-,20+/m1/s1. The van der Waals surface area contributed by atoms with Gasteiger partial charge < -0.3 is 18.9 Å². The van der Waals surface area contributed by atoms with Gasteiger partial charge in [-0.1, -0.05) is 31.5 Å². The van der Waals surface area contributed by atoms with Gasteiger partial charge in [-0.05, 0) is 30.7 Å². The number of carbonyl (C=O) groups excluding carboxylic acids is 2. The van der Waals surface area contributed by atoms with Crippen LogP contribution in [-0.4, -0.2) is 39.0 Å². The molecule has 3 rings (SSSR count). The van der Waals surface area contributed by atoms with Crippen LogP contribution in [0.5, 0.6) is 11.5 Å². The fourth-order valence-corrected chi connectivity index (χ4v) is 3.27. The van der Waals surface area contributed by atoms with E-state index in [0.717, 1.165) is 12.8 Å². The molecular weight excluding hydrogens is 374 g/mol. The smallest absolute Gasteiger partial charge is 0.415 e. The number of ether oxygens (including phenoxy) is 4. The summed E-state index contributed by atoms with van der Waals surface area (Å²) in [6.45, 7) is 2.58. The van der Waals surface area contributed by atoms with Gasteiger partial charge in [-0.2, -0.15) is 0 Å². The molecule has 0 aliphatic carbocycles. The molecule has 7 heteroatoms. The third kappa shape index (κ3) is 4.29. The van der Waals surface area contributed by atoms with Crippen LogP contribution in [0.4, 0.5) is 10.5 Å². The number of anilines is 1. The largest absolute Gasteiger partial charge is 0.497 e. The molecular formula is C22H25NO6.